The Bertz CT molecular complexity index is 1170. The molecule has 2 aromatic heterocycles. The summed E-state index contributed by atoms with van der Waals surface area (Å²) in [6.07, 6.45) is -0.757. The zero-order valence-corrected chi connectivity index (χ0v) is 19.7. The lowest BCUT2D eigenvalue weighted by Gasteiger charge is -2.35. The lowest BCUT2D eigenvalue weighted by atomic mass is 10.1. The Morgan fingerprint density at radius 2 is 1.51 bits per heavy atom. The van der Waals surface area contributed by atoms with E-state index in [1.807, 2.05) is 30.0 Å². The molecule has 4 heterocycles. The maximum atomic E-state index is 13.4. The molecule has 0 radical (unpaired) electrons. The van der Waals surface area contributed by atoms with Gasteiger partial charge in [0.2, 0.25) is 11.9 Å². The third kappa shape index (κ3) is 5.37. The Morgan fingerprint density at radius 1 is 0.829 bits per heavy atom. The third-order valence-electron chi connectivity index (χ3n) is 6.50. The SMILES string of the molecule is Cc1cccc(-c2nc(N3CCCC3)nc(N3CCN(Cc4ncccc4C(F)(F)F)CC3)n2)c1. The van der Waals surface area contributed by atoms with Crippen molar-refractivity contribution >= 4 is 11.9 Å². The number of aromatic nitrogens is 4. The van der Waals surface area contributed by atoms with Crippen molar-refractivity contribution < 1.29 is 13.2 Å². The molecule has 10 heteroatoms. The minimum Gasteiger partial charge on any atom is -0.341 e. The first-order valence-electron chi connectivity index (χ1n) is 11.9. The van der Waals surface area contributed by atoms with E-state index in [0.29, 0.717) is 43.9 Å². The number of anilines is 2. The molecule has 2 saturated heterocycles. The Kier molecular flexibility index (Phi) is 6.55. The number of nitrogens with zero attached hydrogens (tertiary/aromatic N) is 7. The van der Waals surface area contributed by atoms with Gasteiger partial charge in [0.05, 0.1) is 11.3 Å². The van der Waals surface area contributed by atoms with E-state index >= 15 is 0 Å². The van der Waals surface area contributed by atoms with Crippen LogP contribution in [0.15, 0.2) is 42.6 Å². The average Bonchev–Trinajstić information content (AvgIpc) is 3.39. The molecule has 0 bridgehead atoms. The van der Waals surface area contributed by atoms with Crippen LogP contribution >= 0.6 is 0 Å². The van der Waals surface area contributed by atoms with Gasteiger partial charge in [0.15, 0.2) is 5.82 Å². The van der Waals surface area contributed by atoms with Crippen molar-refractivity contribution in [2.45, 2.75) is 32.5 Å². The molecule has 184 valence electrons. The van der Waals surface area contributed by atoms with Crippen molar-refractivity contribution in [3.8, 4) is 11.4 Å². The number of piperazine rings is 1. The highest BCUT2D eigenvalue weighted by atomic mass is 19.4. The molecule has 3 aromatic rings. The van der Waals surface area contributed by atoms with Crippen LogP contribution in [0.3, 0.4) is 0 Å². The Balaban J connectivity index is 1.35. The summed E-state index contributed by atoms with van der Waals surface area (Å²) in [5.74, 6) is 1.95. The second-order valence-electron chi connectivity index (χ2n) is 9.08. The Labute approximate surface area is 202 Å². The molecule has 1 aromatic carbocycles. The molecule has 7 nitrogen and oxygen atoms in total. The molecule has 2 aliphatic rings. The number of benzene rings is 1. The first-order chi connectivity index (χ1) is 16.9. The lowest BCUT2D eigenvalue weighted by molar-refractivity contribution is -0.138. The molecule has 5 rings (SSSR count). The smallest absolute Gasteiger partial charge is 0.341 e. The summed E-state index contributed by atoms with van der Waals surface area (Å²) in [6, 6.07) is 10.5. The van der Waals surface area contributed by atoms with Gasteiger partial charge in [0.1, 0.15) is 0 Å². The fourth-order valence-corrected chi connectivity index (χ4v) is 4.61. The molecule has 0 N–H and O–H groups in total. The van der Waals surface area contributed by atoms with E-state index in [1.165, 1.54) is 12.3 Å². The number of aryl methyl sites for hydroxylation is 1. The van der Waals surface area contributed by atoms with Crippen molar-refractivity contribution in [3.63, 3.8) is 0 Å². The van der Waals surface area contributed by atoms with Crippen molar-refractivity contribution in [1.82, 2.24) is 24.8 Å². The van der Waals surface area contributed by atoms with Gasteiger partial charge < -0.3 is 9.80 Å². The number of halogens is 3. The zero-order chi connectivity index (χ0) is 24.4. The summed E-state index contributed by atoms with van der Waals surface area (Å²) >= 11 is 0. The van der Waals surface area contributed by atoms with Crippen LogP contribution in [0, 0.1) is 6.92 Å². The number of alkyl halides is 3. The quantitative estimate of drug-likeness (QED) is 0.540. The van der Waals surface area contributed by atoms with E-state index in [9.17, 15) is 13.2 Å². The molecule has 0 amide bonds. The van der Waals surface area contributed by atoms with Crippen molar-refractivity contribution in [2.75, 3.05) is 49.1 Å². The summed E-state index contributed by atoms with van der Waals surface area (Å²) < 4.78 is 40.1. The molecule has 0 atom stereocenters. The van der Waals surface area contributed by atoms with Crippen LogP contribution in [0.4, 0.5) is 25.1 Å². The van der Waals surface area contributed by atoms with Gasteiger partial charge in [-0.15, -0.1) is 0 Å². The first-order valence-corrected chi connectivity index (χ1v) is 11.9. The van der Waals surface area contributed by atoms with Crippen LogP contribution in [0.25, 0.3) is 11.4 Å². The number of pyridine rings is 1. The van der Waals surface area contributed by atoms with E-state index < -0.39 is 11.7 Å². The van der Waals surface area contributed by atoms with E-state index in [4.69, 9.17) is 15.0 Å². The van der Waals surface area contributed by atoms with Gasteiger partial charge in [-0.1, -0.05) is 23.8 Å². The molecule has 35 heavy (non-hydrogen) atoms. The van der Waals surface area contributed by atoms with Crippen molar-refractivity contribution in [3.05, 3.63) is 59.4 Å². The van der Waals surface area contributed by atoms with Gasteiger partial charge in [0, 0.05) is 57.6 Å². The summed E-state index contributed by atoms with van der Waals surface area (Å²) in [5, 5.41) is 0. The molecule has 2 fully saturated rings. The van der Waals surface area contributed by atoms with Crippen LogP contribution in [0.5, 0.6) is 0 Å². The minimum atomic E-state index is -4.41. The normalized spacial score (nSPS) is 17.3. The van der Waals surface area contributed by atoms with E-state index in [1.54, 1.807) is 0 Å². The third-order valence-corrected chi connectivity index (χ3v) is 6.50. The Morgan fingerprint density at radius 3 is 2.17 bits per heavy atom. The van der Waals surface area contributed by atoms with Crippen LogP contribution in [0.2, 0.25) is 0 Å². The lowest BCUT2D eigenvalue weighted by Crippen LogP contribution is -2.47. The first kappa shape index (κ1) is 23.5. The molecular weight excluding hydrogens is 455 g/mol. The highest BCUT2D eigenvalue weighted by Gasteiger charge is 2.34. The van der Waals surface area contributed by atoms with Gasteiger partial charge in [-0.05, 0) is 38.0 Å². The summed E-state index contributed by atoms with van der Waals surface area (Å²) in [6.45, 7) is 6.48. The molecule has 2 aliphatic heterocycles. The highest BCUT2D eigenvalue weighted by Crippen LogP contribution is 2.32. The van der Waals surface area contributed by atoms with E-state index in [-0.39, 0.29) is 12.2 Å². The number of hydrogen-bond donors (Lipinski definition) is 0. The minimum absolute atomic E-state index is 0.0617. The summed E-state index contributed by atoms with van der Waals surface area (Å²) in [7, 11) is 0. The summed E-state index contributed by atoms with van der Waals surface area (Å²) in [4.78, 5) is 24.7. The van der Waals surface area contributed by atoms with Crippen molar-refractivity contribution in [1.29, 1.82) is 0 Å². The van der Waals surface area contributed by atoms with Gasteiger partial charge in [-0.25, -0.2) is 0 Å². The molecule has 0 saturated carbocycles. The molecule has 0 spiro atoms. The van der Waals surface area contributed by atoms with Gasteiger partial charge in [0.25, 0.3) is 0 Å². The number of hydrogen-bond acceptors (Lipinski definition) is 7. The molecular formula is C25H28F3N7. The standard InChI is InChI=1S/C25H28F3N7/c1-18-6-4-7-19(16-18)22-30-23(34-10-2-3-11-34)32-24(31-22)35-14-12-33(13-15-35)17-21-20(25(26,27)28)8-5-9-29-21/h4-9,16H,2-3,10-15,17H2,1H3. The molecule has 0 aliphatic carbocycles. The van der Waals surface area contributed by atoms with Crippen molar-refractivity contribution in [2.24, 2.45) is 0 Å². The van der Waals surface area contributed by atoms with Gasteiger partial charge in [-0.2, -0.15) is 28.1 Å². The zero-order valence-electron chi connectivity index (χ0n) is 19.7. The van der Waals surface area contributed by atoms with Gasteiger partial charge >= 0.3 is 6.18 Å². The fraction of sp³-hybridized carbons (Fsp3) is 0.440. The fourth-order valence-electron chi connectivity index (χ4n) is 4.61. The largest absolute Gasteiger partial charge is 0.418 e. The second-order valence-corrected chi connectivity index (χ2v) is 9.08. The van der Waals surface area contributed by atoms with Gasteiger partial charge in [-0.3, -0.25) is 9.88 Å². The second kappa shape index (κ2) is 9.77. The maximum absolute atomic E-state index is 13.4. The van der Waals surface area contributed by atoms with Crippen LogP contribution in [0.1, 0.15) is 29.7 Å². The van der Waals surface area contributed by atoms with E-state index in [0.717, 1.165) is 43.1 Å². The predicted molar refractivity (Wildman–Crippen MR) is 128 cm³/mol. The maximum Gasteiger partial charge on any atom is 0.418 e. The monoisotopic (exact) mass is 483 g/mol. The van der Waals surface area contributed by atoms with E-state index in [2.05, 4.69) is 20.9 Å². The van der Waals surface area contributed by atoms with Crippen LogP contribution < -0.4 is 9.80 Å². The highest BCUT2D eigenvalue weighted by molar-refractivity contribution is 5.59. The predicted octanol–water partition coefficient (Wildman–Crippen LogP) is 4.18. The summed E-state index contributed by atoms with van der Waals surface area (Å²) in [5.41, 5.74) is 1.47. The molecule has 0 unspecified atom stereocenters. The Hall–Kier alpha value is -3.27. The van der Waals surface area contributed by atoms with Crippen LogP contribution in [-0.2, 0) is 12.7 Å². The average molecular weight is 484 g/mol. The topological polar surface area (TPSA) is 61.3 Å². The van der Waals surface area contributed by atoms with Crippen LogP contribution in [-0.4, -0.2) is 64.1 Å². The number of rotatable bonds is 5.